The molecule has 0 radical (unpaired) electrons. The van der Waals surface area contributed by atoms with Crippen molar-refractivity contribution >= 4 is 23.9 Å². The van der Waals surface area contributed by atoms with Gasteiger partial charge in [0.2, 0.25) is 0 Å². The molecule has 0 aromatic rings. The van der Waals surface area contributed by atoms with Crippen LogP contribution in [0, 0.1) is 0 Å². The molecule has 0 spiro atoms. The topological polar surface area (TPSA) is 105 Å². The summed E-state index contributed by atoms with van der Waals surface area (Å²) >= 11 is 0. The Balaban J connectivity index is 3.38. The number of carbonyl (C=O) groups is 4. The smallest absolute Gasteiger partial charge is 0.330 e. The molecular weight excluding hydrogens is 356 g/mol. The molecule has 0 atom stereocenters. The first-order valence-corrected chi connectivity index (χ1v) is 9.19. The SMILES string of the molecule is C=CC(=O)OCCOC(=O)CCCCCOC(=O)CCCCCOC(C)=O. The fourth-order valence-electron chi connectivity index (χ4n) is 2.00. The van der Waals surface area contributed by atoms with Crippen LogP contribution in [0.3, 0.4) is 0 Å². The number of ether oxygens (including phenoxy) is 4. The van der Waals surface area contributed by atoms with Crippen LogP contribution in [0.25, 0.3) is 0 Å². The molecule has 154 valence electrons. The van der Waals surface area contributed by atoms with Gasteiger partial charge in [-0.2, -0.15) is 0 Å². The van der Waals surface area contributed by atoms with Gasteiger partial charge in [0.1, 0.15) is 13.2 Å². The third-order valence-electron chi connectivity index (χ3n) is 3.38. The molecule has 0 aromatic carbocycles. The van der Waals surface area contributed by atoms with E-state index < -0.39 is 5.97 Å². The lowest BCUT2D eigenvalue weighted by atomic mass is 10.2. The Labute approximate surface area is 160 Å². The van der Waals surface area contributed by atoms with Crippen LogP contribution in [0.5, 0.6) is 0 Å². The average Bonchev–Trinajstić information content (AvgIpc) is 2.63. The van der Waals surface area contributed by atoms with Gasteiger partial charge in [-0.3, -0.25) is 14.4 Å². The van der Waals surface area contributed by atoms with Crippen LogP contribution in [0.4, 0.5) is 0 Å². The fourth-order valence-corrected chi connectivity index (χ4v) is 2.00. The fraction of sp³-hybridized carbons (Fsp3) is 0.684. The molecule has 0 aliphatic carbocycles. The zero-order chi connectivity index (χ0) is 20.3. The molecule has 0 heterocycles. The average molecular weight is 386 g/mol. The molecule has 8 heteroatoms. The van der Waals surface area contributed by atoms with E-state index in [1.807, 2.05) is 0 Å². The van der Waals surface area contributed by atoms with Gasteiger partial charge < -0.3 is 18.9 Å². The second-order valence-electron chi connectivity index (χ2n) is 5.77. The standard InChI is InChI=1S/C19H30O8/c1-3-17(21)26-14-15-27-19(23)11-7-5-9-13-25-18(22)10-6-4-8-12-24-16(2)20/h3H,1,4-15H2,2H3. The number of hydrogen-bond donors (Lipinski definition) is 0. The molecule has 0 aliphatic rings. The minimum Gasteiger partial charge on any atom is -0.466 e. The van der Waals surface area contributed by atoms with Crippen LogP contribution in [-0.2, 0) is 38.1 Å². The number of hydrogen-bond acceptors (Lipinski definition) is 8. The highest BCUT2D eigenvalue weighted by molar-refractivity contribution is 5.81. The van der Waals surface area contributed by atoms with E-state index in [2.05, 4.69) is 11.3 Å². The van der Waals surface area contributed by atoms with E-state index in [-0.39, 0.29) is 37.5 Å². The predicted molar refractivity (Wildman–Crippen MR) is 96.6 cm³/mol. The molecule has 0 unspecified atom stereocenters. The van der Waals surface area contributed by atoms with E-state index in [1.54, 1.807) is 0 Å². The molecule has 0 amide bonds. The van der Waals surface area contributed by atoms with Gasteiger partial charge in [0.25, 0.3) is 0 Å². The van der Waals surface area contributed by atoms with Crippen molar-refractivity contribution in [1.82, 2.24) is 0 Å². The molecule has 0 bridgehead atoms. The minimum absolute atomic E-state index is 0.0102. The zero-order valence-corrected chi connectivity index (χ0v) is 16.0. The van der Waals surface area contributed by atoms with Crippen molar-refractivity contribution in [3.63, 3.8) is 0 Å². The number of unbranched alkanes of at least 4 members (excludes halogenated alkanes) is 4. The first-order valence-electron chi connectivity index (χ1n) is 9.19. The van der Waals surface area contributed by atoms with E-state index in [0.29, 0.717) is 38.9 Å². The maximum atomic E-state index is 11.5. The highest BCUT2D eigenvalue weighted by Gasteiger charge is 2.05. The lowest BCUT2D eigenvalue weighted by molar-refractivity contribution is -0.149. The van der Waals surface area contributed by atoms with Crippen LogP contribution in [0.15, 0.2) is 12.7 Å². The van der Waals surface area contributed by atoms with Crippen molar-refractivity contribution in [2.45, 2.75) is 58.3 Å². The van der Waals surface area contributed by atoms with Crippen LogP contribution in [-0.4, -0.2) is 50.3 Å². The number of esters is 4. The molecule has 0 aliphatic heterocycles. The Morgan fingerprint density at radius 2 is 1.15 bits per heavy atom. The molecule has 27 heavy (non-hydrogen) atoms. The molecule has 0 saturated carbocycles. The second-order valence-corrected chi connectivity index (χ2v) is 5.77. The number of rotatable bonds is 16. The Hall–Kier alpha value is -2.38. The van der Waals surface area contributed by atoms with Gasteiger partial charge >= 0.3 is 23.9 Å². The summed E-state index contributed by atoms with van der Waals surface area (Å²) in [4.78, 5) is 44.3. The first-order chi connectivity index (χ1) is 13.0. The first kappa shape index (κ1) is 24.6. The molecule has 0 aromatic heterocycles. The van der Waals surface area contributed by atoms with Gasteiger partial charge in [-0.25, -0.2) is 4.79 Å². The summed E-state index contributed by atoms with van der Waals surface area (Å²) in [6.07, 6.45) is 5.97. The lowest BCUT2D eigenvalue weighted by Gasteiger charge is -2.06. The Bertz CT molecular complexity index is 472. The molecule has 0 rings (SSSR count). The summed E-state index contributed by atoms with van der Waals surface area (Å²) < 4.78 is 19.5. The highest BCUT2D eigenvalue weighted by Crippen LogP contribution is 2.05. The summed E-state index contributed by atoms with van der Waals surface area (Å²) in [5.74, 6) is -1.44. The van der Waals surface area contributed by atoms with Crippen LogP contribution in [0.2, 0.25) is 0 Å². The minimum atomic E-state index is -0.553. The Kier molecular flexibility index (Phi) is 15.6. The van der Waals surface area contributed by atoms with Crippen molar-refractivity contribution in [2.75, 3.05) is 26.4 Å². The number of carbonyl (C=O) groups excluding carboxylic acids is 4. The quantitative estimate of drug-likeness (QED) is 0.172. The van der Waals surface area contributed by atoms with Crippen LogP contribution < -0.4 is 0 Å². The van der Waals surface area contributed by atoms with Crippen molar-refractivity contribution in [3.05, 3.63) is 12.7 Å². The van der Waals surface area contributed by atoms with Gasteiger partial charge in [0, 0.05) is 25.8 Å². The Morgan fingerprint density at radius 3 is 1.67 bits per heavy atom. The molecule has 8 nitrogen and oxygen atoms in total. The summed E-state index contributed by atoms with van der Waals surface area (Å²) in [7, 11) is 0. The van der Waals surface area contributed by atoms with Gasteiger partial charge in [-0.1, -0.05) is 6.58 Å². The van der Waals surface area contributed by atoms with Gasteiger partial charge in [-0.15, -0.1) is 0 Å². The van der Waals surface area contributed by atoms with E-state index in [0.717, 1.165) is 25.3 Å². The lowest BCUT2D eigenvalue weighted by Crippen LogP contribution is -2.12. The molecule has 0 N–H and O–H groups in total. The third-order valence-corrected chi connectivity index (χ3v) is 3.38. The third kappa shape index (κ3) is 18.2. The summed E-state index contributed by atoms with van der Waals surface area (Å²) in [6.45, 7) is 5.37. The van der Waals surface area contributed by atoms with Crippen LogP contribution in [0.1, 0.15) is 58.3 Å². The monoisotopic (exact) mass is 386 g/mol. The summed E-state index contributed by atoms with van der Waals surface area (Å²) in [6, 6.07) is 0. The van der Waals surface area contributed by atoms with Gasteiger partial charge in [0.05, 0.1) is 13.2 Å². The van der Waals surface area contributed by atoms with Crippen molar-refractivity contribution < 1.29 is 38.1 Å². The van der Waals surface area contributed by atoms with Gasteiger partial charge in [-0.05, 0) is 38.5 Å². The van der Waals surface area contributed by atoms with Crippen molar-refractivity contribution in [3.8, 4) is 0 Å². The summed E-state index contributed by atoms with van der Waals surface area (Å²) in [5, 5.41) is 0. The van der Waals surface area contributed by atoms with E-state index >= 15 is 0 Å². The van der Waals surface area contributed by atoms with Crippen molar-refractivity contribution in [2.24, 2.45) is 0 Å². The van der Waals surface area contributed by atoms with E-state index in [1.165, 1.54) is 6.92 Å². The Morgan fingerprint density at radius 1 is 0.667 bits per heavy atom. The van der Waals surface area contributed by atoms with E-state index in [9.17, 15) is 19.2 Å². The largest absolute Gasteiger partial charge is 0.466 e. The van der Waals surface area contributed by atoms with Crippen molar-refractivity contribution in [1.29, 1.82) is 0 Å². The molecular formula is C19H30O8. The summed E-state index contributed by atoms with van der Waals surface area (Å²) in [5.41, 5.74) is 0. The molecule has 0 saturated heterocycles. The maximum Gasteiger partial charge on any atom is 0.330 e. The normalized spacial score (nSPS) is 9.96. The van der Waals surface area contributed by atoms with Gasteiger partial charge in [0.15, 0.2) is 0 Å². The maximum absolute atomic E-state index is 11.5. The highest BCUT2D eigenvalue weighted by atomic mass is 16.6. The van der Waals surface area contributed by atoms with E-state index in [4.69, 9.17) is 14.2 Å². The zero-order valence-electron chi connectivity index (χ0n) is 16.0. The predicted octanol–water partition coefficient (Wildman–Crippen LogP) is 2.49. The second kappa shape index (κ2) is 17.1. The van der Waals surface area contributed by atoms with Crippen LogP contribution >= 0.6 is 0 Å². The molecule has 0 fully saturated rings.